The van der Waals surface area contributed by atoms with Gasteiger partial charge in [-0.2, -0.15) is 0 Å². The van der Waals surface area contributed by atoms with Crippen LogP contribution in [0.25, 0.3) is 10.9 Å². The maximum atomic E-state index is 5.87. The summed E-state index contributed by atoms with van der Waals surface area (Å²) in [6, 6.07) is 6.50. The first-order chi connectivity index (χ1) is 8.54. The van der Waals surface area contributed by atoms with Crippen molar-refractivity contribution in [3.63, 3.8) is 0 Å². The Bertz CT molecular complexity index is 555. The van der Waals surface area contributed by atoms with Gasteiger partial charge >= 0.3 is 0 Å². The summed E-state index contributed by atoms with van der Waals surface area (Å²) >= 11 is 0. The summed E-state index contributed by atoms with van der Waals surface area (Å²) in [7, 11) is 3.82. The Morgan fingerprint density at radius 3 is 2.72 bits per heavy atom. The second-order valence-corrected chi connectivity index (χ2v) is 5.02. The van der Waals surface area contributed by atoms with Crippen molar-refractivity contribution >= 4 is 10.9 Å². The molecule has 2 rings (SSSR count). The van der Waals surface area contributed by atoms with E-state index in [9.17, 15) is 0 Å². The first kappa shape index (κ1) is 13.0. The maximum Gasteiger partial charge on any atom is 0.119 e. The molecule has 0 amide bonds. The van der Waals surface area contributed by atoms with Crippen LogP contribution in [0.4, 0.5) is 0 Å². The van der Waals surface area contributed by atoms with Gasteiger partial charge in [-0.15, -0.1) is 0 Å². The van der Waals surface area contributed by atoms with Gasteiger partial charge in [-0.05, 0) is 50.5 Å². The highest BCUT2D eigenvalue weighted by molar-refractivity contribution is 5.86. The van der Waals surface area contributed by atoms with Gasteiger partial charge in [-0.3, -0.25) is 0 Å². The van der Waals surface area contributed by atoms with E-state index in [1.54, 1.807) is 7.11 Å². The molecular formula is C15H22N2O. The highest BCUT2D eigenvalue weighted by Crippen LogP contribution is 2.29. The van der Waals surface area contributed by atoms with E-state index in [0.29, 0.717) is 0 Å². The molecule has 1 aromatic carbocycles. The number of hydrogen-bond donors (Lipinski definition) is 1. The van der Waals surface area contributed by atoms with Gasteiger partial charge < -0.3 is 15.0 Å². The molecule has 1 aromatic heterocycles. The van der Waals surface area contributed by atoms with Crippen molar-refractivity contribution in [2.24, 2.45) is 12.8 Å². The molecule has 0 spiro atoms. The summed E-state index contributed by atoms with van der Waals surface area (Å²) in [6.07, 6.45) is 2.03. The van der Waals surface area contributed by atoms with Crippen molar-refractivity contribution in [1.29, 1.82) is 0 Å². The number of aryl methyl sites for hydroxylation is 2. The van der Waals surface area contributed by atoms with Crippen molar-refractivity contribution < 1.29 is 4.74 Å². The highest BCUT2D eigenvalue weighted by atomic mass is 16.5. The molecule has 0 radical (unpaired) electrons. The molecule has 0 bridgehead atoms. The van der Waals surface area contributed by atoms with Crippen LogP contribution in [0, 0.1) is 6.92 Å². The van der Waals surface area contributed by atoms with Crippen LogP contribution in [0.5, 0.6) is 5.75 Å². The number of ether oxygens (including phenoxy) is 1. The lowest BCUT2D eigenvalue weighted by Gasteiger charge is -2.06. The normalized spacial score (nSPS) is 12.9. The first-order valence-electron chi connectivity index (χ1n) is 6.42. The first-order valence-corrected chi connectivity index (χ1v) is 6.42. The minimum atomic E-state index is 0.241. The van der Waals surface area contributed by atoms with Crippen molar-refractivity contribution in [3.05, 3.63) is 29.5 Å². The summed E-state index contributed by atoms with van der Waals surface area (Å²) in [5, 5.41) is 1.29. The van der Waals surface area contributed by atoms with E-state index >= 15 is 0 Å². The van der Waals surface area contributed by atoms with E-state index < -0.39 is 0 Å². The molecule has 0 fully saturated rings. The van der Waals surface area contributed by atoms with E-state index in [-0.39, 0.29) is 6.04 Å². The van der Waals surface area contributed by atoms with Gasteiger partial charge in [0.1, 0.15) is 5.75 Å². The zero-order valence-electron chi connectivity index (χ0n) is 11.7. The quantitative estimate of drug-likeness (QED) is 0.901. The summed E-state index contributed by atoms with van der Waals surface area (Å²) in [6.45, 7) is 4.23. The molecule has 1 atom stereocenters. The topological polar surface area (TPSA) is 40.2 Å². The summed E-state index contributed by atoms with van der Waals surface area (Å²) in [4.78, 5) is 0. The average molecular weight is 246 g/mol. The minimum Gasteiger partial charge on any atom is -0.497 e. The van der Waals surface area contributed by atoms with Crippen LogP contribution in [0.3, 0.4) is 0 Å². The number of benzene rings is 1. The van der Waals surface area contributed by atoms with Gasteiger partial charge in [0, 0.05) is 29.7 Å². The van der Waals surface area contributed by atoms with E-state index in [2.05, 4.69) is 37.6 Å². The molecule has 1 heterocycles. The zero-order valence-corrected chi connectivity index (χ0v) is 11.7. The van der Waals surface area contributed by atoms with Crippen LogP contribution < -0.4 is 10.5 Å². The van der Waals surface area contributed by atoms with Gasteiger partial charge in [-0.1, -0.05) is 0 Å². The number of hydrogen-bond acceptors (Lipinski definition) is 2. The minimum absolute atomic E-state index is 0.241. The molecule has 0 saturated heterocycles. The molecule has 18 heavy (non-hydrogen) atoms. The van der Waals surface area contributed by atoms with E-state index in [0.717, 1.165) is 18.6 Å². The zero-order chi connectivity index (χ0) is 13.3. The standard InChI is InChI=1S/C15H22N2O/c1-10(16)5-7-13-11(2)17(3)15-8-6-12(18-4)9-14(13)15/h6,8-10H,5,7,16H2,1-4H3. The predicted octanol–water partition coefficient (Wildman–Crippen LogP) is 2.78. The Morgan fingerprint density at radius 1 is 1.39 bits per heavy atom. The summed E-state index contributed by atoms with van der Waals surface area (Å²) < 4.78 is 7.56. The van der Waals surface area contributed by atoms with Crippen molar-refractivity contribution in [3.8, 4) is 5.75 Å². The number of aromatic nitrogens is 1. The molecule has 0 aliphatic heterocycles. The van der Waals surface area contributed by atoms with Crippen LogP contribution in [0.2, 0.25) is 0 Å². The molecule has 0 aliphatic rings. The third kappa shape index (κ3) is 2.23. The SMILES string of the molecule is COc1ccc2c(c1)c(CCC(C)N)c(C)n2C. The van der Waals surface area contributed by atoms with E-state index in [1.807, 2.05) is 6.07 Å². The lowest BCUT2D eigenvalue weighted by molar-refractivity contribution is 0.415. The van der Waals surface area contributed by atoms with Crippen LogP contribution >= 0.6 is 0 Å². The van der Waals surface area contributed by atoms with Crippen LogP contribution in [-0.2, 0) is 13.5 Å². The fourth-order valence-corrected chi connectivity index (χ4v) is 2.44. The fourth-order valence-electron chi connectivity index (χ4n) is 2.44. The fraction of sp³-hybridized carbons (Fsp3) is 0.467. The van der Waals surface area contributed by atoms with Crippen LogP contribution in [-0.4, -0.2) is 17.7 Å². The molecule has 2 aromatic rings. The summed E-state index contributed by atoms with van der Waals surface area (Å²) in [5.74, 6) is 0.912. The Hall–Kier alpha value is -1.48. The van der Waals surface area contributed by atoms with Crippen molar-refractivity contribution in [2.45, 2.75) is 32.7 Å². The van der Waals surface area contributed by atoms with Gasteiger partial charge in [0.25, 0.3) is 0 Å². The smallest absolute Gasteiger partial charge is 0.119 e. The highest BCUT2D eigenvalue weighted by Gasteiger charge is 2.12. The van der Waals surface area contributed by atoms with Crippen LogP contribution in [0.1, 0.15) is 24.6 Å². The van der Waals surface area contributed by atoms with Crippen molar-refractivity contribution in [1.82, 2.24) is 4.57 Å². The second-order valence-electron chi connectivity index (χ2n) is 5.02. The molecule has 2 N–H and O–H groups in total. The number of nitrogens with two attached hydrogens (primary N) is 1. The molecule has 1 unspecified atom stereocenters. The van der Waals surface area contributed by atoms with E-state index in [1.165, 1.54) is 22.2 Å². The molecular weight excluding hydrogens is 224 g/mol. The Kier molecular flexibility index (Phi) is 3.62. The molecule has 3 nitrogen and oxygen atoms in total. The number of nitrogens with zero attached hydrogens (tertiary/aromatic N) is 1. The largest absolute Gasteiger partial charge is 0.497 e. The van der Waals surface area contributed by atoms with E-state index in [4.69, 9.17) is 10.5 Å². The third-order valence-electron chi connectivity index (χ3n) is 3.68. The van der Waals surface area contributed by atoms with Gasteiger partial charge in [0.05, 0.1) is 7.11 Å². The maximum absolute atomic E-state index is 5.87. The van der Waals surface area contributed by atoms with Crippen molar-refractivity contribution in [2.75, 3.05) is 7.11 Å². The average Bonchev–Trinajstić information content (AvgIpc) is 2.59. The Balaban J connectivity index is 2.51. The predicted molar refractivity (Wildman–Crippen MR) is 76.2 cm³/mol. The van der Waals surface area contributed by atoms with Gasteiger partial charge in [0.2, 0.25) is 0 Å². The van der Waals surface area contributed by atoms with Crippen LogP contribution in [0.15, 0.2) is 18.2 Å². The Labute approximate surface area is 109 Å². The Morgan fingerprint density at radius 2 is 2.11 bits per heavy atom. The molecule has 3 heteroatoms. The number of fused-ring (bicyclic) bond motifs is 1. The lowest BCUT2D eigenvalue weighted by Crippen LogP contribution is -2.15. The monoisotopic (exact) mass is 246 g/mol. The molecule has 0 saturated carbocycles. The molecule has 0 aliphatic carbocycles. The lowest BCUT2D eigenvalue weighted by atomic mass is 10.0. The van der Waals surface area contributed by atoms with Gasteiger partial charge in [-0.25, -0.2) is 0 Å². The molecule has 98 valence electrons. The third-order valence-corrected chi connectivity index (χ3v) is 3.68. The second kappa shape index (κ2) is 5.02. The number of methoxy groups -OCH3 is 1. The van der Waals surface area contributed by atoms with Gasteiger partial charge in [0.15, 0.2) is 0 Å². The summed E-state index contributed by atoms with van der Waals surface area (Å²) in [5.41, 5.74) is 9.83. The number of rotatable bonds is 4.